The Hall–Kier alpha value is -1.39. The van der Waals surface area contributed by atoms with Crippen LogP contribution in [-0.2, 0) is 16.1 Å². The highest BCUT2D eigenvalue weighted by Crippen LogP contribution is 2.22. The summed E-state index contributed by atoms with van der Waals surface area (Å²) < 4.78 is 5.36. The molecule has 1 aliphatic rings. The number of carbonyl (C=O) groups is 1. The third-order valence-corrected chi connectivity index (χ3v) is 4.16. The second kappa shape index (κ2) is 6.86. The lowest BCUT2D eigenvalue weighted by Crippen LogP contribution is -2.26. The fourth-order valence-electron chi connectivity index (χ4n) is 2.67. The molecule has 2 N–H and O–H groups in total. The summed E-state index contributed by atoms with van der Waals surface area (Å²) in [5, 5.41) is 12.5. The van der Waals surface area contributed by atoms with Gasteiger partial charge in [-0.2, -0.15) is 0 Å². The molecule has 20 heavy (non-hydrogen) atoms. The van der Waals surface area contributed by atoms with Crippen LogP contribution >= 0.6 is 0 Å². The highest BCUT2D eigenvalue weighted by molar-refractivity contribution is 5.75. The number of benzene rings is 1. The third kappa shape index (κ3) is 3.81. The second-order valence-corrected chi connectivity index (χ2v) is 5.55. The predicted octanol–water partition coefficient (Wildman–Crippen LogP) is 2.53. The average molecular weight is 277 g/mol. The van der Waals surface area contributed by atoms with Gasteiger partial charge in [0, 0.05) is 19.7 Å². The fraction of sp³-hybridized carbons (Fsp3) is 0.562. The Kier molecular flexibility index (Phi) is 5.15. The first-order chi connectivity index (χ1) is 9.60. The molecule has 1 aromatic rings. The molecule has 0 radical (unpaired) electrons. The molecule has 4 nitrogen and oxygen atoms in total. The van der Waals surface area contributed by atoms with E-state index in [2.05, 4.69) is 5.32 Å². The molecule has 0 spiro atoms. The summed E-state index contributed by atoms with van der Waals surface area (Å²) in [5.41, 5.74) is 2.04. The third-order valence-electron chi connectivity index (χ3n) is 4.16. The Labute approximate surface area is 120 Å². The van der Waals surface area contributed by atoms with Crippen LogP contribution in [0, 0.1) is 0 Å². The maximum Gasteiger partial charge on any atom is 0.310 e. The van der Waals surface area contributed by atoms with Crippen molar-refractivity contribution in [2.75, 3.05) is 7.11 Å². The number of hydrogen-bond acceptors (Lipinski definition) is 3. The van der Waals surface area contributed by atoms with Crippen molar-refractivity contribution in [2.24, 2.45) is 0 Å². The first kappa shape index (κ1) is 15.0. The lowest BCUT2D eigenvalue weighted by Gasteiger charge is -2.13. The standard InChI is InChI=1S/C16H23NO3/c1-11(16(18)19)13-5-3-12(4-6-13)10-17-14-7-8-15(9-14)20-2/h3-6,11,14-15,17H,7-10H2,1-2H3,(H,18,19). The van der Waals surface area contributed by atoms with E-state index in [4.69, 9.17) is 9.84 Å². The number of carboxylic acids is 1. The summed E-state index contributed by atoms with van der Waals surface area (Å²) in [4.78, 5) is 10.9. The highest BCUT2D eigenvalue weighted by atomic mass is 16.5. The number of nitrogens with one attached hydrogen (secondary N) is 1. The van der Waals surface area contributed by atoms with Gasteiger partial charge in [0.25, 0.3) is 0 Å². The summed E-state index contributed by atoms with van der Waals surface area (Å²) >= 11 is 0. The molecule has 2 rings (SSSR count). The number of aliphatic carboxylic acids is 1. The molecule has 1 aromatic carbocycles. The van der Waals surface area contributed by atoms with Crippen molar-refractivity contribution in [2.45, 2.75) is 50.8 Å². The quantitative estimate of drug-likeness (QED) is 0.839. The van der Waals surface area contributed by atoms with Crippen LogP contribution in [0.2, 0.25) is 0 Å². The van der Waals surface area contributed by atoms with Crippen molar-refractivity contribution in [3.63, 3.8) is 0 Å². The smallest absolute Gasteiger partial charge is 0.310 e. The Bertz CT molecular complexity index is 444. The summed E-state index contributed by atoms with van der Waals surface area (Å²) in [6, 6.07) is 8.34. The maximum absolute atomic E-state index is 10.9. The van der Waals surface area contributed by atoms with Crippen LogP contribution in [0.5, 0.6) is 0 Å². The number of ether oxygens (including phenoxy) is 1. The van der Waals surface area contributed by atoms with Crippen LogP contribution in [0.1, 0.15) is 43.2 Å². The Balaban J connectivity index is 1.84. The van der Waals surface area contributed by atoms with E-state index in [1.54, 1.807) is 14.0 Å². The molecule has 3 atom stereocenters. The molecule has 110 valence electrons. The van der Waals surface area contributed by atoms with Crippen LogP contribution in [0.3, 0.4) is 0 Å². The van der Waals surface area contributed by atoms with Gasteiger partial charge in [0.15, 0.2) is 0 Å². The Morgan fingerprint density at radius 2 is 2.10 bits per heavy atom. The normalized spacial score (nSPS) is 23.7. The lowest BCUT2D eigenvalue weighted by molar-refractivity contribution is -0.138. The van der Waals surface area contributed by atoms with Crippen molar-refractivity contribution >= 4 is 5.97 Å². The molecular weight excluding hydrogens is 254 g/mol. The van der Waals surface area contributed by atoms with Crippen molar-refractivity contribution in [1.29, 1.82) is 0 Å². The fourth-order valence-corrected chi connectivity index (χ4v) is 2.67. The molecule has 3 unspecified atom stereocenters. The van der Waals surface area contributed by atoms with E-state index in [0.717, 1.165) is 31.4 Å². The molecule has 1 saturated carbocycles. The van der Waals surface area contributed by atoms with Gasteiger partial charge in [-0.3, -0.25) is 4.79 Å². The summed E-state index contributed by atoms with van der Waals surface area (Å²) in [6.07, 6.45) is 3.76. The van der Waals surface area contributed by atoms with Gasteiger partial charge in [-0.15, -0.1) is 0 Å². The highest BCUT2D eigenvalue weighted by Gasteiger charge is 2.23. The number of rotatable bonds is 6. The maximum atomic E-state index is 10.9. The van der Waals surface area contributed by atoms with E-state index in [-0.39, 0.29) is 0 Å². The van der Waals surface area contributed by atoms with Crippen LogP contribution in [0.25, 0.3) is 0 Å². The van der Waals surface area contributed by atoms with Gasteiger partial charge in [-0.1, -0.05) is 24.3 Å². The molecule has 0 heterocycles. The van der Waals surface area contributed by atoms with E-state index in [9.17, 15) is 4.79 Å². The van der Waals surface area contributed by atoms with Gasteiger partial charge in [-0.25, -0.2) is 0 Å². The second-order valence-electron chi connectivity index (χ2n) is 5.55. The first-order valence-corrected chi connectivity index (χ1v) is 7.18. The zero-order chi connectivity index (χ0) is 14.5. The van der Waals surface area contributed by atoms with Crippen molar-refractivity contribution in [1.82, 2.24) is 5.32 Å². The molecule has 0 aromatic heterocycles. The van der Waals surface area contributed by atoms with Crippen LogP contribution in [-0.4, -0.2) is 30.3 Å². The van der Waals surface area contributed by atoms with Gasteiger partial charge in [0.2, 0.25) is 0 Å². The van der Waals surface area contributed by atoms with E-state index < -0.39 is 11.9 Å². The molecule has 1 fully saturated rings. The van der Waals surface area contributed by atoms with E-state index in [0.29, 0.717) is 12.1 Å². The molecule has 1 aliphatic carbocycles. The van der Waals surface area contributed by atoms with Gasteiger partial charge < -0.3 is 15.2 Å². The Morgan fingerprint density at radius 1 is 1.40 bits per heavy atom. The minimum atomic E-state index is -0.785. The molecule has 0 saturated heterocycles. The van der Waals surface area contributed by atoms with Crippen LogP contribution in [0.4, 0.5) is 0 Å². The summed E-state index contributed by atoms with van der Waals surface area (Å²) in [5.74, 6) is -1.23. The number of methoxy groups -OCH3 is 1. The molecular formula is C16H23NO3. The number of carboxylic acid groups (broad SMARTS) is 1. The zero-order valence-corrected chi connectivity index (χ0v) is 12.1. The molecule has 0 amide bonds. The molecule has 0 aliphatic heterocycles. The van der Waals surface area contributed by atoms with Gasteiger partial charge in [-0.05, 0) is 37.3 Å². The largest absolute Gasteiger partial charge is 0.481 e. The minimum Gasteiger partial charge on any atom is -0.481 e. The van der Waals surface area contributed by atoms with Crippen molar-refractivity contribution in [3.05, 3.63) is 35.4 Å². The van der Waals surface area contributed by atoms with Gasteiger partial charge in [0.05, 0.1) is 12.0 Å². The minimum absolute atomic E-state index is 0.395. The van der Waals surface area contributed by atoms with E-state index >= 15 is 0 Å². The van der Waals surface area contributed by atoms with Crippen LogP contribution in [0.15, 0.2) is 24.3 Å². The van der Waals surface area contributed by atoms with Crippen molar-refractivity contribution in [3.8, 4) is 0 Å². The van der Waals surface area contributed by atoms with Crippen LogP contribution < -0.4 is 5.32 Å². The van der Waals surface area contributed by atoms with E-state index in [1.165, 1.54) is 5.56 Å². The first-order valence-electron chi connectivity index (χ1n) is 7.18. The monoisotopic (exact) mass is 277 g/mol. The van der Waals surface area contributed by atoms with Crippen molar-refractivity contribution < 1.29 is 14.6 Å². The topological polar surface area (TPSA) is 58.6 Å². The zero-order valence-electron chi connectivity index (χ0n) is 12.1. The van der Waals surface area contributed by atoms with Gasteiger partial charge >= 0.3 is 5.97 Å². The lowest BCUT2D eigenvalue weighted by atomic mass is 10.00. The molecule has 0 bridgehead atoms. The SMILES string of the molecule is COC1CCC(NCc2ccc(C(C)C(=O)O)cc2)C1. The average Bonchev–Trinajstić information content (AvgIpc) is 2.93. The van der Waals surface area contributed by atoms with Gasteiger partial charge in [0.1, 0.15) is 0 Å². The van der Waals surface area contributed by atoms with E-state index in [1.807, 2.05) is 24.3 Å². The number of hydrogen-bond donors (Lipinski definition) is 2. The predicted molar refractivity (Wildman–Crippen MR) is 77.8 cm³/mol. The Morgan fingerprint density at radius 3 is 2.65 bits per heavy atom. The summed E-state index contributed by atoms with van der Waals surface area (Å²) in [7, 11) is 1.77. The molecule has 4 heteroatoms. The summed E-state index contributed by atoms with van der Waals surface area (Å²) in [6.45, 7) is 2.53.